The highest BCUT2D eigenvalue weighted by atomic mass is 35.5. The number of rotatable bonds is 5. The molecule has 0 saturated heterocycles. The molecule has 1 aromatic heterocycles. The first-order valence-electron chi connectivity index (χ1n) is 9.02. The molecule has 4 rings (SSSR count). The van der Waals surface area contributed by atoms with Gasteiger partial charge in [0.25, 0.3) is 5.91 Å². The summed E-state index contributed by atoms with van der Waals surface area (Å²) < 4.78 is 11.4. The van der Waals surface area contributed by atoms with Crippen molar-refractivity contribution in [1.29, 1.82) is 0 Å². The van der Waals surface area contributed by atoms with Crippen LogP contribution in [0.5, 0.6) is 11.5 Å². The van der Waals surface area contributed by atoms with Crippen LogP contribution in [-0.2, 0) is 4.79 Å². The largest absolute Gasteiger partial charge is 0.508 e. The summed E-state index contributed by atoms with van der Waals surface area (Å²) in [6.45, 7) is 1.61. The molecule has 8 heteroatoms. The van der Waals surface area contributed by atoms with Crippen molar-refractivity contribution < 1.29 is 19.1 Å². The Labute approximate surface area is 182 Å². The summed E-state index contributed by atoms with van der Waals surface area (Å²) in [6.07, 6.45) is -0.808. The van der Waals surface area contributed by atoms with Crippen LogP contribution in [0.1, 0.15) is 6.92 Å². The van der Waals surface area contributed by atoms with Crippen LogP contribution in [0, 0.1) is 0 Å². The Hall–Kier alpha value is -3.22. The van der Waals surface area contributed by atoms with Gasteiger partial charge in [-0.3, -0.25) is 4.79 Å². The third-order valence-electron chi connectivity index (χ3n) is 4.34. The molecule has 0 fully saturated rings. The van der Waals surface area contributed by atoms with Gasteiger partial charge in [-0.15, -0.1) is 0 Å². The Morgan fingerprint density at radius 3 is 2.73 bits per heavy atom. The first-order valence-corrected chi connectivity index (χ1v) is 9.78. The number of aromatic nitrogens is 1. The SMILES string of the molecule is C[C@H](Oc1cccc(Cl)c1Cl)C(=O)Nc1ccc2oc(-c3cccc(O)c3)nc2c1. The van der Waals surface area contributed by atoms with Crippen molar-refractivity contribution in [3.63, 3.8) is 0 Å². The number of oxazole rings is 1. The second-order valence-corrected chi connectivity index (χ2v) is 7.34. The van der Waals surface area contributed by atoms with Gasteiger partial charge in [-0.2, -0.15) is 0 Å². The molecule has 4 aromatic rings. The molecule has 0 spiro atoms. The lowest BCUT2D eigenvalue weighted by molar-refractivity contribution is -0.122. The van der Waals surface area contributed by atoms with Gasteiger partial charge in [-0.05, 0) is 55.5 Å². The minimum absolute atomic E-state index is 0.122. The van der Waals surface area contributed by atoms with E-state index in [1.165, 1.54) is 0 Å². The van der Waals surface area contributed by atoms with Crippen LogP contribution in [-0.4, -0.2) is 22.1 Å². The summed E-state index contributed by atoms with van der Waals surface area (Å²) in [7, 11) is 0. The first-order chi connectivity index (χ1) is 14.4. The molecular formula is C22H16Cl2N2O4. The van der Waals surface area contributed by atoms with Gasteiger partial charge in [0.1, 0.15) is 22.0 Å². The molecule has 0 aliphatic rings. The topological polar surface area (TPSA) is 84.6 Å². The average Bonchev–Trinajstić information content (AvgIpc) is 3.15. The molecule has 30 heavy (non-hydrogen) atoms. The molecule has 0 bridgehead atoms. The average molecular weight is 443 g/mol. The Bertz CT molecular complexity index is 1240. The fraction of sp³-hybridized carbons (Fsp3) is 0.0909. The second-order valence-electron chi connectivity index (χ2n) is 6.55. The van der Waals surface area contributed by atoms with Gasteiger partial charge in [0.05, 0.1) is 5.02 Å². The van der Waals surface area contributed by atoms with Crippen molar-refractivity contribution >= 4 is 45.9 Å². The lowest BCUT2D eigenvalue weighted by Crippen LogP contribution is -2.30. The molecule has 6 nitrogen and oxygen atoms in total. The van der Waals surface area contributed by atoms with E-state index < -0.39 is 6.10 Å². The predicted octanol–water partition coefficient (Wildman–Crippen LogP) is 5.91. The van der Waals surface area contributed by atoms with E-state index in [2.05, 4.69) is 10.3 Å². The van der Waals surface area contributed by atoms with Gasteiger partial charge in [0, 0.05) is 11.3 Å². The van der Waals surface area contributed by atoms with E-state index in [4.69, 9.17) is 32.4 Å². The normalized spacial score (nSPS) is 12.0. The van der Waals surface area contributed by atoms with Crippen LogP contribution >= 0.6 is 23.2 Å². The van der Waals surface area contributed by atoms with Gasteiger partial charge in [-0.25, -0.2) is 4.98 Å². The number of carbonyl (C=O) groups excluding carboxylic acids is 1. The van der Waals surface area contributed by atoms with Gasteiger partial charge >= 0.3 is 0 Å². The summed E-state index contributed by atoms with van der Waals surface area (Å²) in [5.41, 5.74) is 2.31. The Morgan fingerprint density at radius 2 is 1.93 bits per heavy atom. The van der Waals surface area contributed by atoms with Crippen LogP contribution < -0.4 is 10.1 Å². The standard InChI is InChI=1S/C22H16Cl2N2O4/c1-12(29-19-7-3-6-16(23)20(19)24)21(28)25-14-8-9-18-17(11-14)26-22(30-18)13-4-2-5-15(27)10-13/h2-12,27H,1H3,(H,25,28)/t12-/m0/s1. The van der Waals surface area contributed by atoms with Crippen molar-refractivity contribution in [3.05, 3.63) is 70.7 Å². The van der Waals surface area contributed by atoms with Crippen LogP contribution in [0.3, 0.4) is 0 Å². The van der Waals surface area contributed by atoms with Crippen LogP contribution in [0.4, 0.5) is 5.69 Å². The summed E-state index contributed by atoms with van der Waals surface area (Å²) in [5.74, 6) is 0.463. The van der Waals surface area contributed by atoms with E-state index in [-0.39, 0.29) is 16.7 Å². The first kappa shape index (κ1) is 20.1. The molecule has 1 heterocycles. The molecule has 0 aliphatic heterocycles. The number of hydrogen-bond acceptors (Lipinski definition) is 5. The monoisotopic (exact) mass is 442 g/mol. The Kier molecular flexibility index (Phi) is 5.53. The quantitative estimate of drug-likeness (QED) is 0.401. The van der Waals surface area contributed by atoms with E-state index in [0.29, 0.717) is 39.0 Å². The molecule has 0 radical (unpaired) electrons. The number of fused-ring (bicyclic) bond motifs is 1. The highest BCUT2D eigenvalue weighted by molar-refractivity contribution is 6.42. The van der Waals surface area contributed by atoms with Crippen LogP contribution in [0.25, 0.3) is 22.6 Å². The molecular weight excluding hydrogens is 427 g/mol. The molecule has 2 N–H and O–H groups in total. The molecule has 1 amide bonds. The molecule has 1 atom stereocenters. The van der Waals surface area contributed by atoms with Gasteiger partial charge < -0.3 is 19.6 Å². The number of phenols is 1. The third-order valence-corrected chi connectivity index (χ3v) is 5.14. The molecule has 3 aromatic carbocycles. The summed E-state index contributed by atoms with van der Waals surface area (Å²) in [6, 6.07) is 16.7. The zero-order valence-corrected chi connectivity index (χ0v) is 17.2. The highest BCUT2D eigenvalue weighted by Gasteiger charge is 2.18. The summed E-state index contributed by atoms with van der Waals surface area (Å²) in [4.78, 5) is 17.0. The number of nitrogens with zero attached hydrogens (tertiary/aromatic N) is 1. The Morgan fingerprint density at radius 1 is 1.13 bits per heavy atom. The van der Waals surface area contributed by atoms with Crippen LogP contribution in [0.15, 0.2) is 65.1 Å². The predicted molar refractivity (Wildman–Crippen MR) is 116 cm³/mol. The zero-order valence-electron chi connectivity index (χ0n) is 15.7. The number of phenolic OH excluding ortho intramolecular Hbond substituents is 1. The molecule has 0 unspecified atom stereocenters. The lowest BCUT2D eigenvalue weighted by atomic mass is 10.2. The number of benzene rings is 3. The fourth-order valence-electron chi connectivity index (χ4n) is 2.83. The van der Waals surface area contributed by atoms with Gasteiger partial charge in [0.2, 0.25) is 5.89 Å². The number of anilines is 1. The maximum Gasteiger partial charge on any atom is 0.265 e. The van der Waals surface area contributed by atoms with Crippen molar-refractivity contribution in [1.82, 2.24) is 4.98 Å². The number of carbonyl (C=O) groups is 1. The van der Waals surface area contributed by atoms with E-state index in [9.17, 15) is 9.90 Å². The number of nitrogens with one attached hydrogen (secondary N) is 1. The van der Waals surface area contributed by atoms with Crippen molar-refractivity contribution in [2.45, 2.75) is 13.0 Å². The zero-order chi connectivity index (χ0) is 21.3. The molecule has 0 saturated carbocycles. The number of ether oxygens (including phenoxy) is 1. The molecule has 0 aliphatic carbocycles. The summed E-state index contributed by atoms with van der Waals surface area (Å²) in [5, 5.41) is 13.0. The molecule has 152 valence electrons. The number of amides is 1. The smallest absolute Gasteiger partial charge is 0.265 e. The van der Waals surface area contributed by atoms with Crippen molar-refractivity contribution in [2.24, 2.45) is 0 Å². The second kappa shape index (κ2) is 8.26. The van der Waals surface area contributed by atoms with Crippen molar-refractivity contribution in [3.8, 4) is 23.0 Å². The van der Waals surface area contributed by atoms with E-state index in [0.717, 1.165) is 0 Å². The third kappa shape index (κ3) is 4.20. The maximum atomic E-state index is 12.5. The summed E-state index contributed by atoms with van der Waals surface area (Å²) >= 11 is 12.1. The van der Waals surface area contributed by atoms with Crippen molar-refractivity contribution in [2.75, 3.05) is 5.32 Å². The fourth-order valence-corrected chi connectivity index (χ4v) is 3.17. The highest BCUT2D eigenvalue weighted by Crippen LogP contribution is 2.32. The number of hydrogen-bond donors (Lipinski definition) is 2. The number of halogens is 2. The van der Waals surface area contributed by atoms with E-state index >= 15 is 0 Å². The van der Waals surface area contributed by atoms with E-state index in [1.54, 1.807) is 67.6 Å². The minimum atomic E-state index is -0.808. The number of aromatic hydroxyl groups is 1. The Balaban J connectivity index is 1.50. The van der Waals surface area contributed by atoms with E-state index in [1.807, 2.05) is 0 Å². The van der Waals surface area contributed by atoms with Crippen LogP contribution in [0.2, 0.25) is 10.0 Å². The lowest BCUT2D eigenvalue weighted by Gasteiger charge is -2.16. The minimum Gasteiger partial charge on any atom is -0.508 e. The maximum absolute atomic E-state index is 12.5. The van der Waals surface area contributed by atoms with Gasteiger partial charge in [-0.1, -0.05) is 35.3 Å². The van der Waals surface area contributed by atoms with Gasteiger partial charge in [0.15, 0.2) is 11.7 Å².